The van der Waals surface area contributed by atoms with Gasteiger partial charge in [0.15, 0.2) is 9.84 Å². The maximum absolute atomic E-state index is 12.9. The number of hydrogen-bond donors (Lipinski definition) is 0. The van der Waals surface area contributed by atoms with E-state index in [1.165, 1.54) is 11.8 Å². The van der Waals surface area contributed by atoms with E-state index >= 15 is 0 Å². The average Bonchev–Trinajstić information content (AvgIpc) is 3.12. The Morgan fingerprint density at radius 2 is 2.04 bits per heavy atom. The minimum Gasteiger partial charge on any atom is -0.361 e. The van der Waals surface area contributed by atoms with Gasteiger partial charge in [0.05, 0.1) is 29.0 Å². The second-order valence-corrected chi connectivity index (χ2v) is 9.67. The highest BCUT2D eigenvalue weighted by Crippen LogP contribution is 2.26. The summed E-state index contributed by atoms with van der Waals surface area (Å²) in [5, 5.41) is 3.93. The highest BCUT2D eigenvalue weighted by atomic mass is 32.2. The fourth-order valence-electron chi connectivity index (χ4n) is 3.14. The van der Waals surface area contributed by atoms with Crippen LogP contribution in [0.15, 0.2) is 34.9 Å². The van der Waals surface area contributed by atoms with Gasteiger partial charge in [-0.2, -0.15) is 0 Å². The molecule has 1 amide bonds. The van der Waals surface area contributed by atoms with Gasteiger partial charge in [0.2, 0.25) is 5.91 Å². The van der Waals surface area contributed by atoms with Crippen LogP contribution in [0, 0.1) is 13.8 Å². The molecule has 1 aromatic carbocycles. The van der Waals surface area contributed by atoms with Gasteiger partial charge in [-0.15, -0.1) is 11.8 Å². The smallest absolute Gasteiger partial charge is 0.237 e. The van der Waals surface area contributed by atoms with E-state index in [1.807, 2.05) is 44.2 Å². The zero-order valence-corrected chi connectivity index (χ0v) is 16.5. The summed E-state index contributed by atoms with van der Waals surface area (Å²) >= 11 is 1.49. The van der Waals surface area contributed by atoms with Crippen molar-refractivity contribution in [2.45, 2.75) is 32.1 Å². The van der Waals surface area contributed by atoms with E-state index in [4.69, 9.17) is 4.52 Å². The molecule has 140 valence electrons. The van der Waals surface area contributed by atoms with Gasteiger partial charge < -0.3 is 9.42 Å². The van der Waals surface area contributed by atoms with Crippen LogP contribution in [0.5, 0.6) is 0 Å². The first-order chi connectivity index (χ1) is 12.4. The molecule has 1 aliphatic rings. The lowest BCUT2D eigenvalue weighted by Crippen LogP contribution is -2.42. The van der Waals surface area contributed by atoms with Crippen LogP contribution in [0.4, 0.5) is 5.69 Å². The summed E-state index contributed by atoms with van der Waals surface area (Å²) < 4.78 is 28.9. The molecular formula is C18H22N2O4S2. The predicted octanol–water partition coefficient (Wildman–Crippen LogP) is 2.74. The molecule has 1 fully saturated rings. The van der Waals surface area contributed by atoms with E-state index < -0.39 is 9.84 Å². The number of aromatic nitrogens is 1. The molecule has 1 unspecified atom stereocenters. The normalized spacial score (nSPS) is 18.8. The van der Waals surface area contributed by atoms with Gasteiger partial charge in [-0.05, 0) is 32.4 Å². The van der Waals surface area contributed by atoms with Gasteiger partial charge in [-0.1, -0.05) is 23.4 Å². The fourth-order valence-corrected chi connectivity index (χ4v) is 5.88. The zero-order valence-electron chi connectivity index (χ0n) is 14.8. The molecule has 2 heterocycles. The predicted molar refractivity (Wildman–Crippen MR) is 103 cm³/mol. The van der Waals surface area contributed by atoms with E-state index in [2.05, 4.69) is 5.16 Å². The minimum atomic E-state index is -3.07. The van der Waals surface area contributed by atoms with Crippen molar-refractivity contribution in [2.24, 2.45) is 0 Å². The first-order valence-electron chi connectivity index (χ1n) is 8.44. The Hall–Kier alpha value is -1.80. The second-order valence-electron chi connectivity index (χ2n) is 6.45. The third-order valence-electron chi connectivity index (χ3n) is 4.53. The number of benzene rings is 1. The topological polar surface area (TPSA) is 80.5 Å². The second kappa shape index (κ2) is 7.84. The van der Waals surface area contributed by atoms with E-state index in [0.717, 1.165) is 22.7 Å². The monoisotopic (exact) mass is 394 g/mol. The fraction of sp³-hybridized carbons (Fsp3) is 0.444. The van der Waals surface area contributed by atoms with Crippen molar-refractivity contribution in [3.8, 4) is 0 Å². The summed E-state index contributed by atoms with van der Waals surface area (Å²) in [5.41, 5.74) is 2.60. The Kier molecular flexibility index (Phi) is 5.72. The maximum Gasteiger partial charge on any atom is 0.237 e. The number of carbonyl (C=O) groups excluding carboxylic acids is 1. The Labute approximate surface area is 157 Å². The third kappa shape index (κ3) is 4.29. The summed E-state index contributed by atoms with van der Waals surface area (Å²) in [4.78, 5) is 14.6. The number of carbonyl (C=O) groups is 1. The number of thioether (sulfide) groups is 1. The van der Waals surface area contributed by atoms with Crippen molar-refractivity contribution >= 4 is 33.2 Å². The zero-order chi connectivity index (χ0) is 18.7. The summed E-state index contributed by atoms with van der Waals surface area (Å²) in [5.74, 6) is 1.77. The number of hydrogen-bond acceptors (Lipinski definition) is 6. The Morgan fingerprint density at radius 3 is 2.62 bits per heavy atom. The van der Waals surface area contributed by atoms with E-state index in [-0.39, 0.29) is 29.2 Å². The largest absolute Gasteiger partial charge is 0.361 e. The molecule has 1 aliphatic heterocycles. The maximum atomic E-state index is 12.9. The van der Waals surface area contributed by atoms with Crippen molar-refractivity contribution < 1.29 is 17.7 Å². The average molecular weight is 395 g/mol. The van der Waals surface area contributed by atoms with Crippen LogP contribution in [-0.2, 0) is 20.4 Å². The molecule has 1 saturated heterocycles. The molecule has 0 bridgehead atoms. The number of nitrogens with zero attached hydrogens (tertiary/aromatic N) is 2. The summed E-state index contributed by atoms with van der Waals surface area (Å²) in [6.45, 7) is 3.74. The molecule has 0 spiro atoms. The number of para-hydroxylation sites is 1. The number of sulfone groups is 1. The molecule has 1 atom stereocenters. The van der Waals surface area contributed by atoms with Crippen LogP contribution in [-0.4, -0.2) is 42.8 Å². The molecule has 0 saturated carbocycles. The third-order valence-corrected chi connectivity index (χ3v) is 7.22. The van der Waals surface area contributed by atoms with Crippen molar-refractivity contribution in [3.63, 3.8) is 0 Å². The lowest BCUT2D eigenvalue weighted by Gasteiger charge is -2.28. The van der Waals surface area contributed by atoms with Gasteiger partial charge in [0.25, 0.3) is 0 Å². The molecule has 6 nitrogen and oxygen atoms in total. The first-order valence-corrected chi connectivity index (χ1v) is 11.4. The highest BCUT2D eigenvalue weighted by Gasteiger charge is 2.35. The van der Waals surface area contributed by atoms with Gasteiger partial charge in [0.1, 0.15) is 5.76 Å². The van der Waals surface area contributed by atoms with Crippen molar-refractivity contribution in [2.75, 3.05) is 22.2 Å². The molecule has 1 aromatic heterocycles. The number of anilines is 1. The van der Waals surface area contributed by atoms with Crippen molar-refractivity contribution in [3.05, 3.63) is 47.3 Å². The Bertz CT molecular complexity index is 858. The van der Waals surface area contributed by atoms with E-state index in [0.29, 0.717) is 12.2 Å². The van der Waals surface area contributed by atoms with Crippen LogP contribution >= 0.6 is 11.8 Å². The molecule has 0 N–H and O–H groups in total. The highest BCUT2D eigenvalue weighted by molar-refractivity contribution is 7.99. The molecule has 2 aromatic rings. The minimum absolute atomic E-state index is 0.0299. The number of rotatable bonds is 6. The number of aryl methyl sites for hydroxylation is 2. The molecule has 8 heteroatoms. The molecule has 0 radical (unpaired) electrons. The first kappa shape index (κ1) is 19.0. The van der Waals surface area contributed by atoms with E-state index in [9.17, 15) is 13.2 Å². The van der Waals surface area contributed by atoms with Crippen molar-refractivity contribution in [1.82, 2.24) is 5.16 Å². The van der Waals surface area contributed by atoms with Gasteiger partial charge in [-0.3, -0.25) is 4.79 Å². The quantitative estimate of drug-likeness (QED) is 0.749. The summed E-state index contributed by atoms with van der Waals surface area (Å²) in [6.07, 6.45) is 0.484. The standard InChI is InChI=1S/C18H22N2O4S2/c1-13-17(14(2)24-19-13)10-25-11-18(21)20(15-6-4-3-5-7-15)16-8-9-26(22,23)12-16/h3-7,16H,8-12H2,1-2H3. The molecule has 0 aliphatic carbocycles. The van der Waals surface area contributed by atoms with Gasteiger partial charge in [-0.25, -0.2) is 8.42 Å². The van der Waals surface area contributed by atoms with Crippen LogP contribution in [0.3, 0.4) is 0 Å². The van der Waals surface area contributed by atoms with E-state index in [1.54, 1.807) is 4.90 Å². The lowest BCUT2D eigenvalue weighted by molar-refractivity contribution is -0.116. The summed E-state index contributed by atoms with van der Waals surface area (Å²) in [7, 11) is -3.07. The van der Waals surface area contributed by atoms with Crippen LogP contribution in [0.2, 0.25) is 0 Å². The molecule has 3 rings (SSSR count). The lowest BCUT2D eigenvalue weighted by atomic mass is 10.2. The van der Waals surface area contributed by atoms with Gasteiger partial charge >= 0.3 is 0 Å². The Balaban J connectivity index is 1.71. The van der Waals surface area contributed by atoms with Crippen molar-refractivity contribution in [1.29, 1.82) is 0 Å². The molecule has 26 heavy (non-hydrogen) atoms. The number of amides is 1. The SMILES string of the molecule is Cc1noc(C)c1CSCC(=O)N(c1ccccc1)C1CCS(=O)(=O)C1. The molecular weight excluding hydrogens is 372 g/mol. The van der Waals surface area contributed by atoms with Crippen LogP contribution in [0.25, 0.3) is 0 Å². The van der Waals surface area contributed by atoms with Crippen LogP contribution in [0.1, 0.15) is 23.4 Å². The van der Waals surface area contributed by atoms with Crippen LogP contribution < -0.4 is 4.90 Å². The summed E-state index contributed by atoms with van der Waals surface area (Å²) in [6, 6.07) is 8.99. The Morgan fingerprint density at radius 1 is 1.31 bits per heavy atom. The van der Waals surface area contributed by atoms with Gasteiger partial charge in [0, 0.05) is 17.0 Å².